The first-order valence-electron chi connectivity index (χ1n) is 9.98. The Kier molecular flexibility index (Phi) is 3.68. The molecule has 0 aliphatic rings. The normalized spacial score (nSPS) is 12.7. The van der Waals surface area contributed by atoms with E-state index in [4.69, 9.17) is 9.40 Å². The number of thiophene rings is 2. The smallest absolute Gasteiger partial charge is 0.134 e. The maximum absolute atomic E-state index is 5.92. The number of rotatable bonds is 1. The Morgan fingerprint density at radius 3 is 2.67 bits per heavy atom. The van der Waals surface area contributed by atoms with E-state index in [1.807, 2.05) is 18.3 Å². The monoisotopic (exact) mass is 428 g/mol. The third kappa shape index (κ3) is 2.55. The van der Waals surface area contributed by atoms with Crippen LogP contribution in [0.25, 0.3) is 52.6 Å². The zero-order valence-electron chi connectivity index (χ0n) is 17.2. The van der Waals surface area contributed by atoms with E-state index in [-0.39, 0.29) is 5.41 Å². The molecule has 3 nitrogen and oxygen atoms in total. The SMILES string of the molecule is Cc1cc2c(ccc3sc4ncnc(-c5cc(C(C)(C)C)c6sccc6c5)c4c32)o1. The maximum atomic E-state index is 5.92. The minimum absolute atomic E-state index is 0.0525. The van der Waals surface area contributed by atoms with E-state index < -0.39 is 0 Å². The molecular weight excluding hydrogens is 408 g/mol. The molecule has 0 aliphatic carbocycles. The maximum Gasteiger partial charge on any atom is 0.134 e. The summed E-state index contributed by atoms with van der Waals surface area (Å²) in [5, 5.41) is 6.91. The van der Waals surface area contributed by atoms with Gasteiger partial charge < -0.3 is 4.42 Å². The van der Waals surface area contributed by atoms with Gasteiger partial charge in [0.05, 0.1) is 5.69 Å². The van der Waals surface area contributed by atoms with E-state index in [2.05, 4.69) is 67.5 Å². The van der Waals surface area contributed by atoms with Crippen LogP contribution in [0.4, 0.5) is 0 Å². The molecule has 5 heteroatoms. The second-order valence-electron chi connectivity index (χ2n) is 8.82. The van der Waals surface area contributed by atoms with Crippen LogP contribution in [0, 0.1) is 6.92 Å². The van der Waals surface area contributed by atoms with Crippen molar-refractivity contribution < 1.29 is 4.42 Å². The molecule has 4 aromatic heterocycles. The Balaban J connectivity index is 1.76. The van der Waals surface area contributed by atoms with Crippen LogP contribution in [0.3, 0.4) is 0 Å². The minimum Gasteiger partial charge on any atom is -0.461 e. The quantitative estimate of drug-likeness (QED) is 0.266. The average molecular weight is 429 g/mol. The van der Waals surface area contributed by atoms with Gasteiger partial charge in [-0.15, -0.1) is 22.7 Å². The van der Waals surface area contributed by atoms with Gasteiger partial charge in [0.2, 0.25) is 0 Å². The first-order chi connectivity index (χ1) is 14.4. The van der Waals surface area contributed by atoms with Crippen LogP contribution in [0.2, 0.25) is 0 Å². The van der Waals surface area contributed by atoms with E-state index in [0.29, 0.717) is 0 Å². The third-order valence-electron chi connectivity index (χ3n) is 5.69. The van der Waals surface area contributed by atoms with Gasteiger partial charge in [-0.3, -0.25) is 0 Å². The average Bonchev–Trinajstić information content (AvgIpc) is 3.40. The zero-order valence-corrected chi connectivity index (χ0v) is 18.9. The zero-order chi connectivity index (χ0) is 20.6. The van der Waals surface area contributed by atoms with Gasteiger partial charge in [-0.1, -0.05) is 20.8 Å². The Morgan fingerprint density at radius 1 is 0.967 bits per heavy atom. The standard InChI is InChI=1S/C25H20N2OS2/c1-13-9-16-18(28-13)5-6-19-20(16)21-22(26-12-27-24(21)30-19)15-10-14-7-8-29-23(14)17(11-15)25(2,3)4/h5-12H,1-4H3. The number of fused-ring (bicyclic) bond motifs is 6. The molecule has 0 fully saturated rings. The fraction of sp³-hybridized carbons (Fsp3) is 0.200. The van der Waals surface area contributed by atoms with Gasteiger partial charge in [0, 0.05) is 31.1 Å². The Labute approximate surface area is 182 Å². The number of nitrogens with zero attached hydrogens (tertiary/aromatic N) is 2. The molecule has 0 saturated carbocycles. The molecule has 0 unspecified atom stereocenters. The first kappa shape index (κ1) is 18.0. The van der Waals surface area contributed by atoms with Crippen molar-refractivity contribution in [3.8, 4) is 11.3 Å². The van der Waals surface area contributed by atoms with Crippen LogP contribution < -0.4 is 0 Å². The molecule has 0 bridgehead atoms. The lowest BCUT2D eigenvalue weighted by molar-refractivity contribution is 0.579. The topological polar surface area (TPSA) is 38.9 Å². The molecule has 0 spiro atoms. The van der Waals surface area contributed by atoms with Crippen LogP contribution in [-0.2, 0) is 5.41 Å². The van der Waals surface area contributed by atoms with Crippen LogP contribution in [0.5, 0.6) is 0 Å². The molecule has 148 valence electrons. The summed E-state index contributed by atoms with van der Waals surface area (Å²) < 4.78 is 8.49. The molecule has 2 aromatic carbocycles. The van der Waals surface area contributed by atoms with Crippen LogP contribution in [-0.4, -0.2) is 9.97 Å². The predicted octanol–water partition coefficient (Wildman–Crippen LogP) is 8.08. The summed E-state index contributed by atoms with van der Waals surface area (Å²) in [4.78, 5) is 10.4. The number of furan rings is 1. The minimum atomic E-state index is 0.0525. The second-order valence-corrected chi connectivity index (χ2v) is 10.8. The molecule has 0 N–H and O–H groups in total. The van der Waals surface area contributed by atoms with Crippen molar-refractivity contribution in [1.29, 1.82) is 0 Å². The van der Waals surface area contributed by atoms with Crippen molar-refractivity contribution in [2.75, 3.05) is 0 Å². The van der Waals surface area contributed by atoms with E-state index in [1.165, 1.54) is 25.7 Å². The summed E-state index contributed by atoms with van der Waals surface area (Å²) in [6.07, 6.45) is 1.69. The number of benzene rings is 2. The highest BCUT2D eigenvalue weighted by Crippen LogP contribution is 2.44. The summed E-state index contributed by atoms with van der Waals surface area (Å²) in [5.74, 6) is 0.921. The predicted molar refractivity (Wildman–Crippen MR) is 129 cm³/mol. The van der Waals surface area contributed by atoms with Gasteiger partial charge in [-0.2, -0.15) is 0 Å². The number of hydrogen-bond acceptors (Lipinski definition) is 5. The van der Waals surface area contributed by atoms with E-state index in [0.717, 1.165) is 38.2 Å². The molecule has 6 rings (SSSR count). The largest absolute Gasteiger partial charge is 0.461 e. The fourth-order valence-electron chi connectivity index (χ4n) is 4.33. The van der Waals surface area contributed by atoms with Crippen LogP contribution in [0.15, 0.2) is 52.5 Å². The van der Waals surface area contributed by atoms with Crippen molar-refractivity contribution >= 4 is 64.0 Å². The fourth-order valence-corrected chi connectivity index (χ4v) is 6.50. The molecule has 0 radical (unpaired) electrons. The molecule has 0 aliphatic heterocycles. The van der Waals surface area contributed by atoms with Crippen molar-refractivity contribution in [3.63, 3.8) is 0 Å². The van der Waals surface area contributed by atoms with Crippen molar-refractivity contribution in [2.24, 2.45) is 0 Å². The number of hydrogen-bond donors (Lipinski definition) is 0. The Bertz CT molecular complexity index is 1590. The summed E-state index contributed by atoms with van der Waals surface area (Å²) in [7, 11) is 0. The molecule has 0 saturated heterocycles. The van der Waals surface area contributed by atoms with Crippen molar-refractivity contribution in [1.82, 2.24) is 9.97 Å². The van der Waals surface area contributed by atoms with E-state index in [1.54, 1.807) is 17.7 Å². The summed E-state index contributed by atoms with van der Waals surface area (Å²) in [5.41, 5.74) is 4.47. The van der Waals surface area contributed by atoms with Crippen molar-refractivity contribution in [2.45, 2.75) is 33.1 Å². The Hall–Kier alpha value is -2.76. The van der Waals surface area contributed by atoms with Gasteiger partial charge in [0.25, 0.3) is 0 Å². The molecule has 30 heavy (non-hydrogen) atoms. The molecule has 0 atom stereocenters. The van der Waals surface area contributed by atoms with E-state index >= 15 is 0 Å². The molecular formula is C25H20N2OS2. The van der Waals surface area contributed by atoms with Crippen molar-refractivity contribution in [3.05, 3.63) is 59.4 Å². The summed E-state index contributed by atoms with van der Waals surface area (Å²) >= 11 is 3.53. The van der Waals surface area contributed by atoms with E-state index in [9.17, 15) is 0 Å². The third-order valence-corrected chi connectivity index (χ3v) is 7.71. The lowest BCUT2D eigenvalue weighted by Gasteiger charge is -2.21. The molecule has 0 amide bonds. The summed E-state index contributed by atoms with van der Waals surface area (Å²) in [6, 6.07) is 13.1. The van der Waals surface area contributed by atoms with Crippen LogP contribution in [0.1, 0.15) is 32.1 Å². The highest BCUT2D eigenvalue weighted by molar-refractivity contribution is 7.25. The van der Waals surface area contributed by atoms with Gasteiger partial charge >= 0.3 is 0 Å². The number of aryl methyl sites for hydroxylation is 1. The lowest BCUT2D eigenvalue weighted by atomic mass is 9.85. The highest BCUT2D eigenvalue weighted by Gasteiger charge is 2.22. The molecule has 4 heterocycles. The van der Waals surface area contributed by atoms with Gasteiger partial charge in [0.1, 0.15) is 22.5 Å². The Morgan fingerprint density at radius 2 is 1.83 bits per heavy atom. The van der Waals surface area contributed by atoms with Gasteiger partial charge in [-0.05, 0) is 65.1 Å². The second kappa shape index (κ2) is 6.13. The highest BCUT2D eigenvalue weighted by atomic mass is 32.1. The van der Waals surface area contributed by atoms with Gasteiger partial charge in [0.15, 0.2) is 0 Å². The van der Waals surface area contributed by atoms with Crippen LogP contribution >= 0.6 is 22.7 Å². The lowest BCUT2D eigenvalue weighted by Crippen LogP contribution is -2.11. The summed E-state index contributed by atoms with van der Waals surface area (Å²) in [6.45, 7) is 8.83. The number of aromatic nitrogens is 2. The van der Waals surface area contributed by atoms with Gasteiger partial charge in [-0.25, -0.2) is 9.97 Å². The molecule has 6 aromatic rings. The first-order valence-corrected chi connectivity index (χ1v) is 11.7.